The van der Waals surface area contributed by atoms with Crippen molar-refractivity contribution in [2.45, 2.75) is 7.43 Å². The summed E-state index contributed by atoms with van der Waals surface area (Å²) in [7, 11) is 4.10. The molecule has 82 valence electrons. The van der Waals surface area contributed by atoms with Gasteiger partial charge in [0, 0.05) is 55.2 Å². The van der Waals surface area contributed by atoms with E-state index in [0.717, 1.165) is 13.1 Å². The van der Waals surface area contributed by atoms with Crippen LogP contribution >= 0.6 is 0 Å². The Morgan fingerprint density at radius 3 is 1.38 bits per heavy atom. The van der Waals surface area contributed by atoms with Gasteiger partial charge in [-0.05, 0) is 14.1 Å². The molecule has 0 bridgehead atoms. The van der Waals surface area contributed by atoms with Crippen LogP contribution in [0, 0.1) is 13.8 Å². The fourth-order valence-electron chi connectivity index (χ4n) is 0.212. The van der Waals surface area contributed by atoms with Crippen molar-refractivity contribution in [2.24, 2.45) is 0 Å². The van der Waals surface area contributed by atoms with Gasteiger partial charge in [0.05, 0.1) is 0 Å². The van der Waals surface area contributed by atoms with E-state index in [1.807, 2.05) is 11.9 Å². The Morgan fingerprint density at radius 2 is 1.38 bits per heavy atom. The third-order valence-corrected chi connectivity index (χ3v) is 1.43. The average molecular weight is 526 g/mol. The maximum absolute atomic E-state index is 3.64. The van der Waals surface area contributed by atoms with Crippen LogP contribution in [0.25, 0.3) is 0 Å². The molecule has 0 N–H and O–H groups in total. The van der Waals surface area contributed by atoms with E-state index in [-0.39, 0.29) is 49.6 Å². The minimum Gasteiger partial charge on any atom is -0.365 e. The third kappa shape index (κ3) is 24.7. The summed E-state index contributed by atoms with van der Waals surface area (Å²) in [5.74, 6) is 0. The third-order valence-electron chi connectivity index (χ3n) is 1.43. The van der Waals surface area contributed by atoms with Gasteiger partial charge >= 0.3 is 0 Å². The van der Waals surface area contributed by atoms with Crippen LogP contribution in [-0.2, 0) is 42.1 Å². The van der Waals surface area contributed by atoms with Crippen molar-refractivity contribution in [3.63, 3.8) is 0 Å². The van der Waals surface area contributed by atoms with E-state index in [2.05, 4.69) is 25.8 Å². The van der Waals surface area contributed by atoms with E-state index >= 15 is 0 Å². The molecule has 0 spiro atoms. The second-order valence-corrected chi connectivity index (χ2v) is 2.61. The van der Waals surface area contributed by atoms with E-state index in [9.17, 15) is 0 Å². The zero-order chi connectivity index (χ0) is 7.98. The standard InChI is InChI=1S/C5H11N.C3H7N.CH4.2W/c1-4-6(3)5-2;1-4-2-3-4;;;/h1-2,4-5H2,3H3;2-3H2,1H3;1H4;;/q-2;;;;. The van der Waals surface area contributed by atoms with Crippen molar-refractivity contribution in [1.82, 2.24) is 9.80 Å². The normalized spacial score (nSPS) is 12.7. The SMILES string of the molecule is C.CN1CC1.[CH2-]CN(C)C[CH2-].[W].[W]. The summed E-state index contributed by atoms with van der Waals surface area (Å²) in [5.41, 5.74) is 0. The molecule has 0 unspecified atom stereocenters. The second kappa shape index (κ2) is 15.8. The van der Waals surface area contributed by atoms with Crippen LogP contribution in [0.5, 0.6) is 0 Å². The van der Waals surface area contributed by atoms with E-state index < -0.39 is 0 Å². The Bertz CT molecular complexity index is 74.0. The number of rotatable bonds is 2. The zero-order valence-corrected chi connectivity index (χ0v) is 13.8. The second-order valence-electron chi connectivity index (χ2n) is 2.61. The molecule has 1 saturated heterocycles. The monoisotopic (exact) mass is 526 g/mol. The van der Waals surface area contributed by atoms with Crippen LogP contribution in [-0.4, -0.2) is 50.1 Å². The maximum Gasteiger partial charge on any atom is 0.0107 e. The molecule has 1 aliphatic rings. The van der Waals surface area contributed by atoms with Crippen LogP contribution < -0.4 is 0 Å². The molecule has 0 aromatic carbocycles. The Morgan fingerprint density at radius 1 is 1.15 bits per heavy atom. The first-order valence-corrected chi connectivity index (χ1v) is 3.66. The molecule has 0 aromatic heterocycles. The van der Waals surface area contributed by atoms with Crippen molar-refractivity contribution in [1.29, 1.82) is 0 Å². The molecule has 0 radical (unpaired) electrons. The first kappa shape index (κ1) is 23.8. The zero-order valence-electron chi connectivity index (χ0n) is 7.95. The van der Waals surface area contributed by atoms with Gasteiger partial charge in [0.15, 0.2) is 0 Å². The molecule has 1 aliphatic heterocycles. The van der Waals surface area contributed by atoms with Crippen LogP contribution in [0.2, 0.25) is 0 Å². The molecular weight excluding hydrogens is 504 g/mol. The van der Waals surface area contributed by atoms with Gasteiger partial charge in [-0.25, -0.2) is 0 Å². The van der Waals surface area contributed by atoms with Gasteiger partial charge in [-0.1, -0.05) is 7.43 Å². The summed E-state index contributed by atoms with van der Waals surface area (Å²) < 4.78 is 0. The molecule has 1 fully saturated rings. The van der Waals surface area contributed by atoms with Crippen molar-refractivity contribution in [2.75, 3.05) is 40.3 Å². The van der Waals surface area contributed by atoms with Crippen LogP contribution in [0.1, 0.15) is 7.43 Å². The van der Waals surface area contributed by atoms with Crippen LogP contribution in [0.4, 0.5) is 0 Å². The van der Waals surface area contributed by atoms with Crippen molar-refractivity contribution in [3.05, 3.63) is 13.8 Å². The summed E-state index contributed by atoms with van der Waals surface area (Å²) in [4.78, 5) is 4.28. The molecule has 0 atom stereocenters. The van der Waals surface area contributed by atoms with Gasteiger partial charge in [-0.2, -0.15) is 0 Å². The quantitative estimate of drug-likeness (QED) is 0.394. The van der Waals surface area contributed by atoms with Crippen LogP contribution in [0.3, 0.4) is 0 Å². The number of nitrogens with zero attached hydrogens (tertiary/aromatic N) is 2. The van der Waals surface area contributed by atoms with Crippen molar-refractivity contribution >= 4 is 0 Å². The molecule has 1 rings (SSSR count). The van der Waals surface area contributed by atoms with Gasteiger partial charge in [-0.15, -0.1) is 13.1 Å². The smallest absolute Gasteiger partial charge is 0.0107 e. The summed E-state index contributed by atoms with van der Waals surface area (Å²) in [6.07, 6.45) is 0. The molecule has 0 saturated carbocycles. The Hall–Kier alpha value is 1.30. The minimum atomic E-state index is 0. The van der Waals surface area contributed by atoms with E-state index in [1.165, 1.54) is 13.1 Å². The topological polar surface area (TPSA) is 6.25 Å². The Labute approximate surface area is 113 Å². The van der Waals surface area contributed by atoms with Gasteiger partial charge in [0.25, 0.3) is 0 Å². The fraction of sp³-hybridized carbons (Fsp3) is 0.778. The van der Waals surface area contributed by atoms with E-state index in [0.29, 0.717) is 0 Å². The van der Waals surface area contributed by atoms with Crippen molar-refractivity contribution in [3.8, 4) is 0 Å². The maximum atomic E-state index is 3.64. The molecule has 0 amide bonds. The Balaban J connectivity index is -0.0000000521. The number of hydrogen-bond donors (Lipinski definition) is 0. The number of hydrogen-bond acceptors (Lipinski definition) is 2. The van der Waals surface area contributed by atoms with Crippen LogP contribution in [0.15, 0.2) is 0 Å². The summed E-state index contributed by atoms with van der Waals surface area (Å²) in [6, 6.07) is 0. The molecule has 4 heteroatoms. The predicted octanol–water partition coefficient (Wildman–Crippen LogP) is 1.15. The molecule has 2 nitrogen and oxygen atoms in total. The van der Waals surface area contributed by atoms with E-state index in [4.69, 9.17) is 0 Å². The average Bonchev–Trinajstić information content (AvgIpc) is 2.71. The summed E-state index contributed by atoms with van der Waals surface area (Å²) >= 11 is 0. The molecule has 13 heavy (non-hydrogen) atoms. The van der Waals surface area contributed by atoms with Gasteiger partial charge < -0.3 is 23.6 Å². The predicted molar refractivity (Wildman–Crippen MR) is 52.4 cm³/mol. The van der Waals surface area contributed by atoms with Gasteiger partial charge in [0.2, 0.25) is 0 Å². The van der Waals surface area contributed by atoms with Gasteiger partial charge in [-0.3, -0.25) is 0 Å². The molecular formula is C9H22N2W2-2. The first-order valence-electron chi connectivity index (χ1n) is 3.66. The number of likely N-dealkylation sites (N-methyl/N-ethyl adjacent to an activating group) is 1. The molecule has 0 aliphatic carbocycles. The first-order chi connectivity index (χ1) is 4.70. The fourth-order valence-corrected chi connectivity index (χ4v) is 0.212. The van der Waals surface area contributed by atoms with Gasteiger partial charge in [0.1, 0.15) is 0 Å². The Kier molecular flexibility index (Phi) is 28.9. The largest absolute Gasteiger partial charge is 0.365 e. The molecule has 0 aromatic rings. The summed E-state index contributed by atoms with van der Waals surface area (Å²) in [5, 5.41) is 0. The summed E-state index contributed by atoms with van der Waals surface area (Å²) in [6.45, 7) is 11.6. The molecule has 1 heterocycles. The van der Waals surface area contributed by atoms with E-state index in [1.54, 1.807) is 0 Å². The van der Waals surface area contributed by atoms with Crippen molar-refractivity contribution < 1.29 is 42.1 Å². The minimum absolute atomic E-state index is 0.